The Labute approximate surface area is 185 Å². The second kappa shape index (κ2) is 7.57. The number of rotatable bonds is 7. The zero-order valence-corrected chi connectivity index (χ0v) is 18.9. The van der Waals surface area contributed by atoms with Crippen LogP contribution in [0.1, 0.15) is 0 Å². The summed E-state index contributed by atoms with van der Waals surface area (Å²) in [5.41, 5.74) is 0.586. The van der Waals surface area contributed by atoms with E-state index in [0.29, 0.717) is 17.7 Å². The molecule has 0 saturated heterocycles. The first-order valence-corrected chi connectivity index (χ1v) is 12.8. The van der Waals surface area contributed by atoms with E-state index in [1.807, 2.05) is 0 Å². The third-order valence-corrected chi connectivity index (χ3v) is 7.74. The van der Waals surface area contributed by atoms with Crippen molar-refractivity contribution in [2.45, 2.75) is 19.7 Å². The summed E-state index contributed by atoms with van der Waals surface area (Å²) in [6, 6.07) is 6.71. The Bertz CT molecular complexity index is 1270. The third-order valence-electron chi connectivity index (χ3n) is 4.14. The third kappa shape index (κ3) is 5.31. The molecule has 3 aromatic rings. The first-order valence-electron chi connectivity index (χ1n) is 8.59. The first kappa shape index (κ1) is 24.2. The molecule has 6 nitrogen and oxygen atoms in total. The zero-order chi connectivity index (χ0) is 23.8. The van der Waals surface area contributed by atoms with E-state index in [1.54, 1.807) is 6.07 Å². The number of nitrogens with one attached hydrogen (secondary N) is 1. The Morgan fingerprint density at radius 2 is 1.59 bits per heavy atom. The van der Waals surface area contributed by atoms with Gasteiger partial charge >= 0.3 is 10.2 Å². The molecule has 0 aliphatic carbocycles. The minimum absolute atomic E-state index is 0.0905. The van der Waals surface area contributed by atoms with Crippen LogP contribution in [0, 0.1) is 0 Å². The molecule has 0 bridgehead atoms. The smallest absolute Gasteiger partial charge is 0.310 e. The number of ether oxygens (including phenoxy) is 1. The van der Waals surface area contributed by atoms with Gasteiger partial charge in [-0.05, 0) is 49.5 Å². The van der Waals surface area contributed by atoms with Gasteiger partial charge in [0.15, 0.2) is 0 Å². The van der Waals surface area contributed by atoms with E-state index in [9.17, 15) is 27.8 Å². The van der Waals surface area contributed by atoms with Crippen LogP contribution in [0.3, 0.4) is 0 Å². The molecule has 0 amide bonds. The Morgan fingerprint density at radius 1 is 0.969 bits per heavy atom. The minimum Gasteiger partial charge on any atom is -0.495 e. The van der Waals surface area contributed by atoms with Crippen molar-refractivity contribution in [1.29, 1.82) is 0 Å². The van der Waals surface area contributed by atoms with Gasteiger partial charge in [-0.3, -0.25) is 4.98 Å². The van der Waals surface area contributed by atoms with E-state index in [0.717, 1.165) is 23.9 Å². The highest BCUT2D eigenvalue weighted by molar-refractivity contribution is 8.45. The summed E-state index contributed by atoms with van der Waals surface area (Å²) in [5, 5.41) is 0.227. The first-order chi connectivity index (χ1) is 14.6. The zero-order valence-electron chi connectivity index (χ0n) is 16.4. The molecular formula is C18H16F5N3O3S3. The van der Waals surface area contributed by atoms with Gasteiger partial charge in [0.1, 0.15) is 26.3 Å². The van der Waals surface area contributed by atoms with Gasteiger partial charge in [0.25, 0.3) is 0 Å². The van der Waals surface area contributed by atoms with Crippen LogP contribution in [0.25, 0.3) is 11.3 Å². The highest BCUT2D eigenvalue weighted by atomic mass is 32.5. The maximum atomic E-state index is 12.9. The molecule has 0 atom stereocenters. The molecule has 1 aromatic heterocycles. The van der Waals surface area contributed by atoms with Gasteiger partial charge in [0.2, 0.25) is 10.0 Å². The summed E-state index contributed by atoms with van der Waals surface area (Å²) in [5.74, 6) is 0.0905. The number of methoxy groups -OCH3 is 1. The molecule has 0 aliphatic rings. The molecule has 0 radical (unpaired) electrons. The normalized spacial score (nSPS) is 14.5. The van der Waals surface area contributed by atoms with Crippen LogP contribution in [0.2, 0.25) is 0 Å². The second-order valence-electron chi connectivity index (χ2n) is 6.33. The lowest BCUT2D eigenvalue weighted by atomic mass is 10.1. The van der Waals surface area contributed by atoms with Crippen molar-refractivity contribution < 1.29 is 32.6 Å². The largest absolute Gasteiger partial charge is 0.495 e. The van der Waals surface area contributed by atoms with E-state index in [2.05, 4.69) is 14.7 Å². The molecule has 0 aliphatic heterocycles. The molecule has 32 heavy (non-hydrogen) atoms. The Morgan fingerprint density at radius 3 is 2.16 bits per heavy atom. The highest BCUT2D eigenvalue weighted by Gasteiger charge is 2.65. The topological polar surface area (TPSA) is 81.2 Å². The number of halogens is 5. The van der Waals surface area contributed by atoms with E-state index in [4.69, 9.17) is 4.74 Å². The van der Waals surface area contributed by atoms with Gasteiger partial charge in [-0.2, -0.15) is 0 Å². The summed E-state index contributed by atoms with van der Waals surface area (Å²) in [6.07, 6.45) is 2.69. The summed E-state index contributed by atoms with van der Waals surface area (Å²) >= 11 is 0.886. The van der Waals surface area contributed by atoms with Gasteiger partial charge in [0, 0.05) is 22.9 Å². The Hall–Kier alpha value is -2.42. The number of benzene rings is 2. The average molecular weight is 514 g/mol. The van der Waals surface area contributed by atoms with Crippen LogP contribution in [0.15, 0.2) is 74.6 Å². The van der Waals surface area contributed by atoms with Crippen LogP contribution in [-0.4, -0.2) is 32.5 Å². The van der Waals surface area contributed by atoms with Gasteiger partial charge in [-0.1, -0.05) is 31.2 Å². The Balaban J connectivity index is 2.02. The van der Waals surface area contributed by atoms with Crippen molar-refractivity contribution in [3.05, 3.63) is 54.9 Å². The molecule has 0 unspecified atom stereocenters. The molecule has 1 heterocycles. The number of hydrogen-bond acceptors (Lipinski definition) is 6. The van der Waals surface area contributed by atoms with Gasteiger partial charge in [-0.25, -0.2) is 18.1 Å². The quantitative estimate of drug-likeness (QED) is 0.398. The summed E-state index contributed by atoms with van der Waals surface area (Å²) in [7, 11) is -11.1. The van der Waals surface area contributed by atoms with Crippen LogP contribution in [-0.2, 0) is 10.0 Å². The molecule has 0 spiro atoms. The van der Waals surface area contributed by atoms with Crippen molar-refractivity contribution in [1.82, 2.24) is 14.7 Å². The standard InChI is InChI=1S/C18H16F5N3O3S3/c1-24-31(27,28)16-11-12(3-8-15(16)29-2)17-18(26-10-9-25-17)30-13-4-6-14(7-5-13)32(19,20,21,22)23/h3-11,24H,1-2H3. The lowest BCUT2D eigenvalue weighted by Gasteiger charge is -2.40. The van der Waals surface area contributed by atoms with Crippen molar-refractivity contribution in [2.75, 3.05) is 14.2 Å². The number of sulfonamides is 1. The van der Waals surface area contributed by atoms with Crippen molar-refractivity contribution in [3.63, 3.8) is 0 Å². The summed E-state index contributed by atoms with van der Waals surface area (Å²) in [6.45, 7) is 0. The number of aromatic nitrogens is 2. The Kier molecular flexibility index (Phi) is 5.73. The number of hydrogen-bond donors (Lipinski definition) is 1. The fourth-order valence-electron chi connectivity index (χ4n) is 2.62. The van der Waals surface area contributed by atoms with E-state index in [-0.39, 0.29) is 26.3 Å². The molecule has 2 aromatic carbocycles. The predicted molar refractivity (Wildman–Crippen MR) is 112 cm³/mol. The molecule has 0 saturated carbocycles. The highest BCUT2D eigenvalue weighted by Crippen LogP contribution is 3.02. The summed E-state index contributed by atoms with van der Waals surface area (Å²) < 4.78 is 96.5. The van der Waals surface area contributed by atoms with Gasteiger partial charge in [-0.15, -0.1) is 0 Å². The van der Waals surface area contributed by atoms with Crippen molar-refractivity contribution in [3.8, 4) is 17.0 Å². The summed E-state index contributed by atoms with van der Waals surface area (Å²) in [4.78, 5) is 6.40. The van der Waals surface area contributed by atoms with Gasteiger partial charge in [0.05, 0.1) is 7.11 Å². The maximum Gasteiger partial charge on any atom is 0.310 e. The van der Waals surface area contributed by atoms with E-state index >= 15 is 0 Å². The van der Waals surface area contributed by atoms with Crippen LogP contribution in [0.5, 0.6) is 5.75 Å². The number of nitrogens with zero attached hydrogens (tertiary/aromatic N) is 2. The van der Waals surface area contributed by atoms with Crippen molar-refractivity contribution >= 4 is 32.0 Å². The lowest BCUT2D eigenvalue weighted by Crippen LogP contribution is -2.19. The SMILES string of the molecule is CNS(=O)(=O)c1cc(-c2nccnc2Sc2ccc(S(F)(F)(F)(F)F)cc2)ccc1OC. The molecule has 0 fully saturated rings. The molecule has 3 rings (SSSR count). The van der Waals surface area contributed by atoms with Gasteiger partial charge < -0.3 is 4.74 Å². The maximum absolute atomic E-state index is 12.9. The molecule has 1 N–H and O–H groups in total. The fraction of sp³-hybridized carbons (Fsp3) is 0.111. The van der Waals surface area contributed by atoms with E-state index in [1.165, 1.54) is 38.7 Å². The van der Waals surface area contributed by atoms with Crippen LogP contribution < -0.4 is 9.46 Å². The molecule has 174 valence electrons. The lowest BCUT2D eigenvalue weighted by molar-refractivity contribution is 0.364. The average Bonchev–Trinajstić information content (AvgIpc) is 2.72. The predicted octanol–water partition coefficient (Wildman–Crippen LogP) is 5.87. The minimum atomic E-state index is -9.77. The van der Waals surface area contributed by atoms with Crippen LogP contribution in [0.4, 0.5) is 19.4 Å². The fourth-order valence-corrected chi connectivity index (χ4v) is 5.06. The molecular weight excluding hydrogens is 497 g/mol. The second-order valence-corrected chi connectivity index (χ2v) is 11.7. The van der Waals surface area contributed by atoms with Crippen LogP contribution >= 0.6 is 22.0 Å². The monoisotopic (exact) mass is 513 g/mol. The van der Waals surface area contributed by atoms with E-state index < -0.39 is 25.1 Å². The van der Waals surface area contributed by atoms with Crippen molar-refractivity contribution in [2.24, 2.45) is 0 Å². The molecule has 14 heteroatoms.